The molecule has 4 nitrogen and oxygen atoms in total. The predicted octanol–water partition coefficient (Wildman–Crippen LogP) is 3.12. The number of hydrogen-bond acceptors (Lipinski definition) is 3. The molecule has 0 unspecified atom stereocenters. The van der Waals surface area contributed by atoms with Crippen molar-refractivity contribution in [2.75, 3.05) is 19.6 Å². The van der Waals surface area contributed by atoms with Crippen LogP contribution in [0.5, 0.6) is 0 Å². The van der Waals surface area contributed by atoms with Crippen LogP contribution in [0.25, 0.3) is 10.9 Å². The molecule has 0 aliphatic rings. The monoisotopic (exact) mass is 343 g/mol. The van der Waals surface area contributed by atoms with Crippen LogP contribution < -0.4 is 10.6 Å². The number of benzene rings is 1. The first-order valence-corrected chi connectivity index (χ1v) is 7.07. The second-order valence-corrected chi connectivity index (χ2v) is 4.82. The van der Waals surface area contributed by atoms with Gasteiger partial charge in [-0.3, -0.25) is 9.78 Å². The van der Waals surface area contributed by atoms with E-state index < -0.39 is 0 Å². The van der Waals surface area contributed by atoms with Gasteiger partial charge in [0.1, 0.15) is 0 Å². The van der Waals surface area contributed by atoms with Gasteiger partial charge in [0.15, 0.2) is 0 Å². The summed E-state index contributed by atoms with van der Waals surface area (Å²) in [6.45, 7) is 6.49. The summed E-state index contributed by atoms with van der Waals surface area (Å²) in [5.41, 5.74) is 2.56. The maximum absolute atomic E-state index is 12.2. The number of aryl methyl sites for hydroxylation is 1. The summed E-state index contributed by atoms with van der Waals surface area (Å²) in [6.07, 6.45) is 2.76. The zero-order chi connectivity index (χ0) is 14.4. The lowest BCUT2D eigenvalue weighted by molar-refractivity contribution is 0.0953. The number of fused-ring (bicyclic) bond motifs is 1. The number of halogens is 2. The number of carbonyl (C=O) groups is 1. The van der Waals surface area contributed by atoms with Crippen LogP contribution in [-0.2, 0) is 0 Å². The average Bonchev–Trinajstić information content (AvgIpc) is 2.47. The van der Waals surface area contributed by atoms with Crippen LogP contribution in [0.2, 0.25) is 0 Å². The Morgan fingerprint density at radius 3 is 2.59 bits per heavy atom. The zero-order valence-electron chi connectivity index (χ0n) is 12.9. The smallest absolute Gasteiger partial charge is 0.253 e. The number of hydrogen-bond donors (Lipinski definition) is 2. The minimum atomic E-state index is -0.0564. The fourth-order valence-corrected chi connectivity index (χ4v) is 2.17. The van der Waals surface area contributed by atoms with E-state index in [1.165, 1.54) is 0 Å². The minimum Gasteiger partial charge on any atom is -0.351 e. The molecule has 0 saturated carbocycles. The highest BCUT2D eigenvalue weighted by molar-refractivity contribution is 5.99. The lowest BCUT2D eigenvalue weighted by Gasteiger charge is -2.10. The van der Waals surface area contributed by atoms with Gasteiger partial charge in [-0.25, -0.2) is 0 Å². The molecule has 0 fully saturated rings. The van der Waals surface area contributed by atoms with Gasteiger partial charge in [-0.2, -0.15) is 0 Å². The number of aromatic nitrogens is 1. The summed E-state index contributed by atoms with van der Waals surface area (Å²) < 4.78 is 0. The molecule has 2 rings (SSSR count). The van der Waals surface area contributed by atoms with Crippen LogP contribution in [0.15, 0.2) is 30.5 Å². The summed E-state index contributed by atoms with van der Waals surface area (Å²) in [5.74, 6) is -0.0564. The molecule has 0 bridgehead atoms. The van der Waals surface area contributed by atoms with Crippen molar-refractivity contribution in [3.8, 4) is 0 Å². The lowest BCUT2D eigenvalue weighted by Crippen LogP contribution is -2.32. The summed E-state index contributed by atoms with van der Waals surface area (Å²) >= 11 is 0. The van der Waals surface area contributed by atoms with Gasteiger partial charge in [0.2, 0.25) is 0 Å². The highest BCUT2D eigenvalue weighted by Crippen LogP contribution is 2.19. The van der Waals surface area contributed by atoms with Gasteiger partial charge < -0.3 is 10.6 Å². The van der Waals surface area contributed by atoms with Crippen molar-refractivity contribution in [1.29, 1.82) is 0 Å². The van der Waals surface area contributed by atoms with E-state index in [1.54, 1.807) is 6.20 Å². The van der Waals surface area contributed by atoms with E-state index in [2.05, 4.69) is 22.5 Å². The highest BCUT2D eigenvalue weighted by atomic mass is 35.5. The molecule has 0 saturated heterocycles. The van der Waals surface area contributed by atoms with Crippen molar-refractivity contribution >= 4 is 41.6 Å². The Balaban J connectivity index is 0.00000220. The summed E-state index contributed by atoms with van der Waals surface area (Å²) in [5, 5.41) is 7.21. The molecule has 6 heteroatoms. The molecule has 0 radical (unpaired) electrons. The SMILES string of the molecule is CCCNCCNC(=O)c1cnc2ccccc2c1C.Cl.Cl. The maximum Gasteiger partial charge on any atom is 0.253 e. The summed E-state index contributed by atoms with van der Waals surface area (Å²) in [4.78, 5) is 16.5. The number of nitrogens with one attached hydrogen (secondary N) is 2. The van der Waals surface area contributed by atoms with Crippen LogP contribution in [0.3, 0.4) is 0 Å². The fraction of sp³-hybridized carbons (Fsp3) is 0.375. The third-order valence-corrected chi connectivity index (χ3v) is 3.30. The molecule has 0 spiro atoms. The molecule has 2 aromatic rings. The average molecular weight is 344 g/mol. The van der Waals surface area contributed by atoms with Crippen molar-refractivity contribution in [2.45, 2.75) is 20.3 Å². The normalized spacial score (nSPS) is 9.73. The standard InChI is InChI=1S/C16H21N3O.2ClH/c1-3-8-17-9-10-18-16(20)14-11-19-15-7-5-4-6-13(15)12(14)2;;/h4-7,11,17H,3,8-10H2,1-2H3,(H,18,20);2*1H. The first kappa shape index (κ1) is 20.6. The van der Waals surface area contributed by atoms with Gasteiger partial charge in [0, 0.05) is 24.7 Å². The van der Waals surface area contributed by atoms with Crippen molar-refractivity contribution in [3.05, 3.63) is 41.6 Å². The molecule has 1 aromatic carbocycles. The third kappa shape index (κ3) is 5.13. The molecule has 1 aromatic heterocycles. The van der Waals surface area contributed by atoms with Crippen molar-refractivity contribution in [1.82, 2.24) is 15.6 Å². The van der Waals surface area contributed by atoms with Crippen molar-refractivity contribution in [3.63, 3.8) is 0 Å². The van der Waals surface area contributed by atoms with E-state index >= 15 is 0 Å². The Bertz CT molecular complexity index is 605. The van der Waals surface area contributed by atoms with Crippen LogP contribution >= 0.6 is 24.8 Å². The Morgan fingerprint density at radius 1 is 1.14 bits per heavy atom. The summed E-state index contributed by atoms with van der Waals surface area (Å²) in [7, 11) is 0. The van der Waals surface area contributed by atoms with Gasteiger partial charge in [-0.05, 0) is 31.5 Å². The van der Waals surface area contributed by atoms with Gasteiger partial charge in [0.05, 0.1) is 11.1 Å². The molecule has 22 heavy (non-hydrogen) atoms. The van der Waals surface area contributed by atoms with Crippen LogP contribution in [0, 0.1) is 6.92 Å². The third-order valence-electron chi connectivity index (χ3n) is 3.30. The Hall–Kier alpha value is -1.36. The second kappa shape index (κ2) is 10.4. The van der Waals surface area contributed by atoms with Gasteiger partial charge in [-0.1, -0.05) is 25.1 Å². The minimum absolute atomic E-state index is 0. The molecular weight excluding hydrogens is 321 g/mol. The summed E-state index contributed by atoms with van der Waals surface area (Å²) in [6, 6.07) is 7.87. The van der Waals surface area contributed by atoms with Crippen LogP contribution in [0.4, 0.5) is 0 Å². The first-order chi connectivity index (χ1) is 9.74. The molecule has 0 atom stereocenters. The Morgan fingerprint density at radius 2 is 1.86 bits per heavy atom. The van der Waals surface area contributed by atoms with E-state index in [4.69, 9.17) is 0 Å². The molecule has 1 heterocycles. The lowest BCUT2D eigenvalue weighted by atomic mass is 10.0. The van der Waals surface area contributed by atoms with E-state index in [0.29, 0.717) is 12.1 Å². The zero-order valence-corrected chi connectivity index (χ0v) is 14.5. The molecule has 1 amide bonds. The molecule has 0 aliphatic carbocycles. The van der Waals surface area contributed by atoms with E-state index in [-0.39, 0.29) is 30.7 Å². The number of pyridine rings is 1. The largest absolute Gasteiger partial charge is 0.351 e. The Labute approximate surface area is 143 Å². The number of para-hydroxylation sites is 1. The Kier molecular flexibility index (Phi) is 9.74. The molecule has 122 valence electrons. The van der Waals surface area contributed by atoms with Crippen molar-refractivity contribution < 1.29 is 4.79 Å². The second-order valence-electron chi connectivity index (χ2n) is 4.82. The predicted molar refractivity (Wildman–Crippen MR) is 96.5 cm³/mol. The van der Waals surface area contributed by atoms with Gasteiger partial charge >= 0.3 is 0 Å². The van der Waals surface area contributed by atoms with E-state index in [1.807, 2.05) is 31.2 Å². The molecule has 0 aliphatic heterocycles. The first-order valence-electron chi connectivity index (χ1n) is 7.07. The van der Waals surface area contributed by atoms with Gasteiger partial charge in [-0.15, -0.1) is 24.8 Å². The number of rotatable bonds is 6. The van der Waals surface area contributed by atoms with Crippen LogP contribution in [-0.4, -0.2) is 30.5 Å². The topological polar surface area (TPSA) is 54.0 Å². The van der Waals surface area contributed by atoms with E-state index in [0.717, 1.165) is 36.0 Å². The molecule has 2 N–H and O–H groups in total. The number of carbonyl (C=O) groups excluding carboxylic acids is 1. The number of amides is 1. The maximum atomic E-state index is 12.2. The van der Waals surface area contributed by atoms with E-state index in [9.17, 15) is 4.79 Å². The quantitative estimate of drug-likeness (QED) is 0.792. The van der Waals surface area contributed by atoms with Crippen LogP contribution in [0.1, 0.15) is 29.3 Å². The molecular formula is C16H23Cl2N3O. The fourth-order valence-electron chi connectivity index (χ4n) is 2.17. The van der Waals surface area contributed by atoms with Crippen molar-refractivity contribution in [2.24, 2.45) is 0 Å². The van der Waals surface area contributed by atoms with Gasteiger partial charge in [0.25, 0.3) is 5.91 Å². The highest BCUT2D eigenvalue weighted by Gasteiger charge is 2.11. The number of nitrogens with zero attached hydrogens (tertiary/aromatic N) is 1.